The van der Waals surface area contributed by atoms with Crippen molar-refractivity contribution in [2.75, 3.05) is 13.1 Å². The summed E-state index contributed by atoms with van der Waals surface area (Å²) in [6.45, 7) is 2.67. The number of rotatable bonds is 3. The van der Waals surface area contributed by atoms with Crippen LogP contribution in [0.1, 0.15) is 24.8 Å². The van der Waals surface area contributed by atoms with Crippen molar-refractivity contribution >= 4 is 5.96 Å². The average molecular weight is 284 g/mol. The third-order valence-corrected chi connectivity index (χ3v) is 3.72. The molecule has 0 atom stereocenters. The van der Waals surface area contributed by atoms with Gasteiger partial charge in [0.25, 0.3) is 0 Å². The number of nitrogens with two attached hydrogens (primary N) is 1. The van der Waals surface area contributed by atoms with Crippen LogP contribution in [0.4, 0.5) is 0 Å². The van der Waals surface area contributed by atoms with Crippen molar-refractivity contribution in [2.45, 2.75) is 25.8 Å². The highest BCUT2D eigenvalue weighted by Crippen LogP contribution is 2.11. The van der Waals surface area contributed by atoms with Crippen molar-refractivity contribution in [1.29, 1.82) is 0 Å². The van der Waals surface area contributed by atoms with Gasteiger partial charge in [-0.2, -0.15) is 5.10 Å². The lowest BCUT2D eigenvalue weighted by molar-refractivity contribution is 0.338. The van der Waals surface area contributed by atoms with Gasteiger partial charge in [-0.3, -0.25) is 0 Å². The van der Waals surface area contributed by atoms with Gasteiger partial charge in [-0.1, -0.05) is 12.1 Å². The van der Waals surface area contributed by atoms with E-state index in [1.165, 1.54) is 25.6 Å². The van der Waals surface area contributed by atoms with E-state index in [1.54, 1.807) is 11.0 Å². The summed E-state index contributed by atoms with van der Waals surface area (Å²) in [6.07, 6.45) is 6.93. The first-order chi connectivity index (χ1) is 10.3. The van der Waals surface area contributed by atoms with E-state index in [1.807, 2.05) is 24.3 Å². The molecule has 3 rings (SSSR count). The second-order valence-corrected chi connectivity index (χ2v) is 5.23. The highest BCUT2D eigenvalue weighted by molar-refractivity contribution is 5.78. The van der Waals surface area contributed by atoms with Gasteiger partial charge in [0.2, 0.25) is 0 Å². The van der Waals surface area contributed by atoms with Gasteiger partial charge >= 0.3 is 0 Å². The minimum absolute atomic E-state index is 0.611. The monoisotopic (exact) mass is 284 g/mol. The molecule has 0 bridgehead atoms. The molecule has 1 aliphatic heterocycles. The molecule has 6 heteroatoms. The zero-order valence-corrected chi connectivity index (χ0v) is 12.0. The first kappa shape index (κ1) is 13.6. The molecule has 1 aromatic heterocycles. The predicted molar refractivity (Wildman–Crippen MR) is 82.1 cm³/mol. The maximum absolute atomic E-state index is 6.06. The summed E-state index contributed by atoms with van der Waals surface area (Å²) < 4.78 is 1.73. The number of benzene rings is 1. The van der Waals surface area contributed by atoms with Crippen LogP contribution in [0, 0.1) is 0 Å². The number of aliphatic imine (C=N–C) groups is 1. The molecular weight excluding hydrogens is 264 g/mol. The second kappa shape index (κ2) is 6.39. The molecule has 1 aromatic carbocycles. The van der Waals surface area contributed by atoms with E-state index >= 15 is 0 Å². The zero-order chi connectivity index (χ0) is 14.5. The van der Waals surface area contributed by atoms with E-state index in [4.69, 9.17) is 5.73 Å². The minimum Gasteiger partial charge on any atom is -0.370 e. The summed E-state index contributed by atoms with van der Waals surface area (Å²) in [7, 11) is 0. The quantitative estimate of drug-likeness (QED) is 0.686. The molecule has 6 nitrogen and oxygen atoms in total. The summed E-state index contributed by atoms with van der Waals surface area (Å²) in [6, 6.07) is 8.11. The molecule has 1 saturated heterocycles. The highest BCUT2D eigenvalue weighted by atomic mass is 15.3. The van der Waals surface area contributed by atoms with Gasteiger partial charge in [0, 0.05) is 13.1 Å². The Kier molecular flexibility index (Phi) is 4.14. The predicted octanol–water partition coefficient (Wildman–Crippen LogP) is 1.57. The van der Waals surface area contributed by atoms with E-state index in [2.05, 4.69) is 20.0 Å². The third-order valence-electron chi connectivity index (χ3n) is 3.72. The molecule has 0 radical (unpaired) electrons. The standard InChI is InChI=1S/C15H20N6/c16-15(20-8-2-1-3-9-20)18-10-13-4-6-14(7-5-13)21-12-17-11-19-21/h4-7,11-12H,1-3,8-10H2,(H2,16,18). The molecule has 1 fully saturated rings. The van der Waals surface area contributed by atoms with Crippen LogP contribution in [-0.4, -0.2) is 38.7 Å². The molecule has 21 heavy (non-hydrogen) atoms. The largest absolute Gasteiger partial charge is 0.370 e. The Labute approximate surface area is 124 Å². The van der Waals surface area contributed by atoms with Crippen LogP contribution in [0.3, 0.4) is 0 Å². The van der Waals surface area contributed by atoms with E-state index in [9.17, 15) is 0 Å². The first-order valence-corrected chi connectivity index (χ1v) is 7.32. The van der Waals surface area contributed by atoms with Crippen molar-refractivity contribution in [2.24, 2.45) is 10.7 Å². The van der Waals surface area contributed by atoms with Crippen molar-refractivity contribution in [1.82, 2.24) is 19.7 Å². The molecule has 0 aliphatic carbocycles. The van der Waals surface area contributed by atoms with Crippen LogP contribution < -0.4 is 5.73 Å². The lowest BCUT2D eigenvalue weighted by atomic mass is 10.1. The van der Waals surface area contributed by atoms with Gasteiger partial charge in [-0.05, 0) is 37.0 Å². The van der Waals surface area contributed by atoms with E-state index < -0.39 is 0 Å². The summed E-state index contributed by atoms with van der Waals surface area (Å²) in [5.41, 5.74) is 8.18. The molecule has 0 amide bonds. The number of piperidine rings is 1. The topological polar surface area (TPSA) is 72.3 Å². The number of likely N-dealkylation sites (tertiary alicyclic amines) is 1. The number of hydrogen-bond donors (Lipinski definition) is 1. The van der Waals surface area contributed by atoms with Crippen molar-refractivity contribution in [3.8, 4) is 5.69 Å². The Morgan fingerprint density at radius 3 is 2.57 bits per heavy atom. The average Bonchev–Trinajstić information content (AvgIpc) is 3.08. The van der Waals surface area contributed by atoms with E-state index in [0.717, 1.165) is 24.3 Å². The van der Waals surface area contributed by atoms with Crippen LogP contribution in [-0.2, 0) is 6.54 Å². The van der Waals surface area contributed by atoms with Gasteiger partial charge < -0.3 is 10.6 Å². The molecule has 2 aromatic rings. The van der Waals surface area contributed by atoms with Crippen LogP contribution in [0.5, 0.6) is 0 Å². The van der Waals surface area contributed by atoms with Gasteiger partial charge in [0.15, 0.2) is 5.96 Å². The Morgan fingerprint density at radius 2 is 1.90 bits per heavy atom. The van der Waals surface area contributed by atoms with Gasteiger partial charge in [-0.15, -0.1) is 0 Å². The molecule has 2 heterocycles. The molecule has 1 aliphatic rings. The van der Waals surface area contributed by atoms with Crippen LogP contribution in [0.15, 0.2) is 41.9 Å². The Hall–Kier alpha value is -2.37. The van der Waals surface area contributed by atoms with Gasteiger partial charge in [0.1, 0.15) is 12.7 Å². The Morgan fingerprint density at radius 1 is 1.14 bits per heavy atom. The maximum Gasteiger partial charge on any atom is 0.191 e. The fraction of sp³-hybridized carbons (Fsp3) is 0.400. The maximum atomic E-state index is 6.06. The SMILES string of the molecule is NC(=NCc1ccc(-n2cncn2)cc1)N1CCCCC1. The first-order valence-electron chi connectivity index (χ1n) is 7.32. The molecular formula is C15H20N6. The van der Waals surface area contributed by atoms with Crippen LogP contribution >= 0.6 is 0 Å². The van der Waals surface area contributed by atoms with E-state index in [-0.39, 0.29) is 0 Å². The highest BCUT2D eigenvalue weighted by Gasteiger charge is 2.11. The van der Waals surface area contributed by atoms with Crippen molar-refractivity contribution in [3.05, 3.63) is 42.5 Å². The number of hydrogen-bond acceptors (Lipinski definition) is 3. The third kappa shape index (κ3) is 3.39. The molecule has 110 valence electrons. The number of nitrogens with zero attached hydrogens (tertiary/aromatic N) is 5. The normalized spacial score (nSPS) is 16.2. The van der Waals surface area contributed by atoms with Crippen molar-refractivity contribution < 1.29 is 0 Å². The smallest absolute Gasteiger partial charge is 0.191 e. The number of aromatic nitrogens is 3. The molecule has 2 N–H and O–H groups in total. The summed E-state index contributed by atoms with van der Waals surface area (Å²) in [5, 5.41) is 4.10. The summed E-state index contributed by atoms with van der Waals surface area (Å²) >= 11 is 0. The summed E-state index contributed by atoms with van der Waals surface area (Å²) in [5.74, 6) is 0.662. The number of guanidine groups is 1. The molecule has 0 unspecified atom stereocenters. The van der Waals surface area contributed by atoms with Crippen LogP contribution in [0.25, 0.3) is 5.69 Å². The fourth-order valence-electron chi connectivity index (χ4n) is 2.49. The van der Waals surface area contributed by atoms with Gasteiger partial charge in [-0.25, -0.2) is 14.7 Å². The second-order valence-electron chi connectivity index (χ2n) is 5.23. The lowest BCUT2D eigenvalue weighted by Crippen LogP contribution is -2.40. The van der Waals surface area contributed by atoms with Crippen LogP contribution in [0.2, 0.25) is 0 Å². The van der Waals surface area contributed by atoms with Gasteiger partial charge in [0.05, 0.1) is 12.2 Å². The zero-order valence-electron chi connectivity index (χ0n) is 12.0. The summed E-state index contributed by atoms with van der Waals surface area (Å²) in [4.78, 5) is 10.6. The molecule has 0 spiro atoms. The fourth-order valence-corrected chi connectivity index (χ4v) is 2.49. The van der Waals surface area contributed by atoms with E-state index in [0.29, 0.717) is 12.5 Å². The Bertz CT molecular complexity index is 581. The Balaban J connectivity index is 1.62. The lowest BCUT2D eigenvalue weighted by Gasteiger charge is -2.27. The minimum atomic E-state index is 0.611. The molecule has 0 saturated carbocycles. The van der Waals surface area contributed by atoms with Crippen molar-refractivity contribution in [3.63, 3.8) is 0 Å².